The number of methoxy groups -OCH3 is 1. The molecule has 0 saturated carbocycles. The second-order valence-electron chi connectivity index (χ2n) is 6.01. The SMILES string of the molecule is CCN(CC(=O)Nc1ccc(OC)cc1)[C@@H](C)C(=O)Nc1ccc(F)cc1. The quantitative estimate of drug-likeness (QED) is 0.746. The molecule has 0 bridgehead atoms. The second-order valence-corrected chi connectivity index (χ2v) is 6.01. The van der Waals surface area contributed by atoms with Crippen molar-refractivity contribution < 1.29 is 18.7 Å². The molecule has 0 aliphatic heterocycles. The van der Waals surface area contributed by atoms with Gasteiger partial charge in [0.05, 0.1) is 19.7 Å². The minimum atomic E-state index is -0.526. The molecular weight excluding hydrogens is 349 g/mol. The fourth-order valence-electron chi connectivity index (χ4n) is 2.53. The van der Waals surface area contributed by atoms with E-state index in [1.165, 1.54) is 24.3 Å². The van der Waals surface area contributed by atoms with Crippen molar-refractivity contribution in [2.45, 2.75) is 19.9 Å². The third-order valence-corrected chi connectivity index (χ3v) is 4.17. The molecule has 1 atom stereocenters. The van der Waals surface area contributed by atoms with E-state index in [0.717, 1.165) is 0 Å². The van der Waals surface area contributed by atoms with Crippen LogP contribution in [0.2, 0.25) is 0 Å². The van der Waals surface area contributed by atoms with Gasteiger partial charge in [-0.1, -0.05) is 6.92 Å². The molecule has 7 heteroatoms. The molecule has 2 aromatic rings. The second kappa shape index (κ2) is 9.68. The molecule has 2 amide bonds. The van der Waals surface area contributed by atoms with Gasteiger partial charge in [-0.15, -0.1) is 0 Å². The van der Waals surface area contributed by atoms with Gasteiger partial charge < -0.3 is 15.4 Å². The molecule has 0 unspecified atom stereocenters. The molecule has 144 valence electrons. The third-order valence-electron chi connectivity index (χ3n) is 4.17. The Bertz CT molecular complexity index is 763. The van der Waals surface area contributed by atoms with Crippen molar-refractivity contribution in [3.05, 3.63) is 54.3 Å². The van der Waals surface area contributed by atoms with Crippen LogP contribution in [0, 0.1) is 5.82 Å². The lowest BCUT2D eigenvalue weighted by atomic mass is 10.2. The first-order valence-corrected chi connectivity index (χ1v) is 8.67. The van der Waals surface area contributed by atoms with Crippen LogP contribution in [0.15, 0.2) is 48.5 Å². The molecule has 0 radical (unpaired) electrons. The van der Waals surface area contributed by atoms with Gasteiger partial charge in [-0.25, -0.2) is 4.39 Å². The normalized spacial score (nSPS) is 11.7. The largest absolute Gasteiger partial charge is 0.497 e. The number of anilines is 2. The highest BCUT2D eigenvalue weighted by molar-refractivity contribution is 5.96. The predicted octanol–water partition coefficient (Wildman–Crippen LogP) is 3.12. The summed E-state index contributed by atoms with van der Waals surface area (Å²) in [5.41, 5.74) is 1.16. The lowest BCUT2D eigenvalue weighted by molar-refractivity contribution is -0.123. The van der Waals surface area contributed by atoms with Gasteiger partial charge in [-0.2, -0.15) is 0 Å². The predicted molar refractivity (Wildman–Crippen MR) is 103 cm³/mol. The minimum absolute atomic E-state index is 0.0700. The third kappa shape index (κ3) is 6.07. The van der Waals surface area contributed by atoms with Crippen molar-refractivity contribution in [3.8, 4) is 5.75 Å². The first-order chi connectivity index (χ1) is 12.9. The zero-order valence-electron chi connectivity index (χ0n) is 15.7. The molecule has 0 aromatic heterocycles. The molecular formula is C20H24FN3O3. The summed E-state index contributed by atoms with van der Waals surface area (Å²) in [4.78, 5) is 26.5. The highest BCUT2D eigenvalue weighted by atomic mass is 19.1. The van der Waals surface area contributed by atoms with Crippen LogP contribution >= 0.6 is 0 Å². The maximum atomic E-state index is 13.0. The van der Waals surface area contributed by atoms with E-state index in [4.69, 9.17) is 4.74 Å². The first kappa shape index (κ1) is 20.4. The molecule has 0 aliphatic carbocycles. The van der Waals surface area contributed by atoms with E-state index in [0.29, 0.717) is 23.7 Å². The molecule has 0 saturated heterocycles. The number of ether oxygens (including phenoxy) is 1. The number of nitrogens with one attached hydrogen (secondary N) is 2. The van der Waals surface area contributed by atoms with Crippen molar-refractivity contribution in [2.24, 2.45) is 0 Å². The van der Waals surface area contributed by atoms with E-state index >= 15 is 0 Å². The maximum absolute atomic E-state index is 13.0. The van der Waals surface area contributed by atoms with Crippen LogP contribution < -0.4 is 15.4 Å². The van der Waals surface area contributed by atoms with Crippen LogP contribution in [0.3, 0.4) is 0 Å². The summed E-state index contributed by atoms with van der Waals surface area (Å²) >= 11 is 0. The van der Waals surface area contributed by atoms with Crippen molar-refractivity contribution >= 4 is 23.2 Å². The Hall–Kier alpha value is -2.93. The van der Waals surface area contributed by atoms with E-state index in [-0.39, 0.29) is 24.2 Å². The lowest BCUT2D eigenvalue weighted by Crippen LogP contribution is -2.45. The fourth-order valence-corrected chi connectivity index (χ4v) is 2.53. The maximum Gasteiger partial charge on any atom is 0.241 e. The summed E-state index contributed by atoms with van der Waals surface area (Å²) in [6, 6.07) is 12.0. The Kier molecular flexibility index (Phi) is 7.31. The number of carbonyl (C=O) groups excluding carboxylic acids is 2. The number of benzene rings is 2. The molecule has 2 rings (SSSR count). The molecule has 2 aromatic carbocycles. The van der Waals surface area contributed by atoms with Crippen LogP contribution in [-0.4, -0.2) is 43.0 Å². The fraction of sp³-hybridized carbons (Fsp3) is 0.300. The van der Waals surface area contributed by atoms with Gasteiger partial charge in [0, 0.05) is 11.4 Å². The van der Waals surface area contributed by atoms with Gasteiger partial charge in [0.2, 0.25) is 11.8 Å². The monoisotopic (exact) mass is 373 g/mol. The molecule has 0 spiro atoms. The van der Waals surface area contributed by atoms with Crippen molar-refractivity contribution in [1.82, 2.24) is 4.90 Å². The van der Waals surface area contributed by atoms with Crippen LogP contribution in [0.4, 0.5) is 15.8 Å². The van der Waals surface area contributed by atoms with E-state index in [1.807, 2.05) is 6.92 Å². The van der Waals surface area contributed by atoms with E-state index in [1.54, 1.807) is 43.2 Å². The Balaban J connectivity index is 1.92. The topological polar surface area (TPSA) is 70.7 Å². The summed E-state index contributed by atoms with van der Waals surface area (Å²) in [5, 5.41) is 5.52. The first-order valence-electron chi connectivity index (χ1n) is 8.67. The van der Waals surface area contributed by atoms with E-state index < -0.39 is 6.04 Å². The standard InChI is InChI=1S/C20H24FN3O3/c1-4-24(13-19(25)22-16-9-11-18(27-3)12-10-16)14(2)20(26)23-17-7-5-15(21)6-8-17/h5-12,14H,4,13H2,1-3H3,(H,22,25)(H,23,26)/t14-/m0/s1. The highest BCUT2D eigenvalue weighted by Gasteiger charge is 2.22. The average molecular weight is 373 g/mol. The number of nitrogens with zero attached hydrogens (tertiary/aromatic N) is 1. The highest BCUT2D eigenvalue weighted by Crippen LogP contribution is 2.15. The summed E-state index contributed by atoms with van der Waals surface area (Å²) < 4.78 is 18.0. The zero-order chi connectivity index (χ0) is 19.8. The van der Waals surface area contributed by atoms with Crippen molar-refractivity contribution in [1.29, 1.82) is 0 Å². The number of hydrogen-bond donors (Lipinski definition) is 2. The average Bonchev–Trinajstić information content (AvgIpc) is 2.68. The number of halogens is 1. The van der Waals surface area contributed by atoms with E-state index in [2.05, 4.69) is 10.6 Å². The van der Waals surface area contributed by atoms with Crippen LogP contribution in [0.1, 0.15) is 13.8 Å². The van der Waals surface area contributed by atoms with Crippen LogP contribution in [-0.2, 0) is 9.59 Å². The molecule has 2 N–H and O–H groups in total. The summed E-state index contributed by atoms with van der Waals surface area (Å²) in [6.45, 7) is 4.19. The number of hydrogen-bond acceptors (Lipinski definition) is 4. The summed E-state index contributed by atoms with van der Waals surface area (Å²) in [5.74, 6) is -0.148. The van der Waals surface area contributed by atoms with Gasteiger partial charge >= 0.3 is 0 Å². The summed E-state index contributed by atoms with van der Waals surface area (Å²) in [6.07, 6.45) is 0. The van der Waals surface area contributed by atoms with Crippen molar-refractivity contribution in [3.63, 3.8) is 0 Å². The number of rotatable bonds is 8. The van der Waals surface area contributed by atoms with Gasteiger partial charge in [0.25, 0.3) is 0 Å². The Morgan fingerprint density at radius 1 is 1.04 bits per heavy atom. The van der Waals surface area contributed by atoms with Crippen LogP contribution in [0.25, 0.3) is 0 Å². The van der Waals surface area contributed by atoms with Crippen molar-refractivity contribution in [2.75, 3.05) is 30.8 Å². The number of carbonyl (C=O) groups is 2. The number of likely N-dealkylation sites (N-methyl/N-ethyl adjacent to an activating group) is 1. The van der Waals surface area contributed by atoms with Gasteiger partial charge in [0.1, 0.15) is 11.6 Å². The van der Waals surface area contributed by atoms with Gasteiger partial charge in [-0.05, 0) is 62.0 Å². The van der Waals surface area contributed by atoms with Gasteiger partial charge in [0.15, 0.2) is 0 Å². The minimum Gasteiger partial charge on any atom is -0.497 e. The molecule has 0 aliphatic rings. The molecule has 0 heterocycles. The Labute approximate surface area is 158 Å². The van der Waals surface area contributed by atoms with Gasteiger partial charge in [-0.3, -0.25) is 14.5 Å². The van der Waals surface area contributed by atoms with Crippen LogP contribution in [0.5, 0.6) is 5.75 Å². The molecule has 27 heavy (non-hydrogen) atoms. The Morgan fingerprint density at radius 3 is 2.15 bits per heavy atom. The molecule has 6 nitrogen and oxygen atoms in total. The summed E-state index contributed by atoms with van der Waals surface area (Å²) in [7, 11) is 1.57. The lowest BCUT2D eigenvalue weighted by Gasteiger charge is -2.26. The zero-order valence-corrected chi connectivity index (χ0v) is 15.7. The molecule has 0 fully saturated rings. The van der Waals surface area contributed by atoms with E-state index in [9.17, 15) is 14.0 Å². The Morgan fingerprint density at radius 2 is 1.59 bits per heavy atom. The smallest absolute Gasteiger partial charge is 0.241 e. The number of amides is 2.